The van der Waals surface area contributed by atoms with E-state index in [0.29, 0.717) is 55.2 Å². The predicted octanol–water partition coefficient (Wildman–Crippen LogP) is 3.32. The summed E-state index contributed by atoms with van der Waals surface area (Å²) < 4.78 is 0. The van der Waals surface area contributed by atoms with E-state index in [1.54, 1.807) is 24.3 Å². The third-order valence-electron chi connectivity index (χ3n) is 4.36. The molecule has 0 atom stereocenters. The number of aromatic nitrogens is 2. The second-order valence-corrected chi connectivity index (χ2v) is 8.97. The van der Waals surface area contributed by atoms with E-state index in [0.717, 1.165) is 0 Å². The summed E-state index contributed by atoms with van der Waals surface area (Å²) >= 11 is 13.3. The fourth-order valence-electron chi connectivity index (χ4n) is 2.74. The molecule has 0 aliphatic carbocycles. The number of pyridine rings is 2. The van der Waals surface area contributed by atoms with Crippen LogP contribution >= 0.6 is 63.7 Å². The molecule has 172 valence electrons. The van der Waals surface area contributed by atoms with Crippen LogP contribution in [-0.4, -0.2) is 40.8 Å². The Morgan fingerprint density at radius 3 is 1.28 bits per heavy atom. The van der Waals surface area contributed by atoms with E-state index < -0.39 is 11.8 Å². The summed E-state index contributed by atoms with van der Waals surface area (Å²) in [6.07, 6.45) is 0. The maximum atomic E-state index is 12.6. The molecule has 0 fully saturated rings. The molecule has 0 aliphatic rings. The average molecular weight is 699 g/mol. The van der Waals surface area contributed by atoms with Crippen molar-refractivity contribution in [2.24, 2.45) is 11.7 Å². The lowest BCUT2D eigenvalue weighted by Gasteiger charge is -2.16. The number of nitrogens with two attached hydrogens (primary N) is 1. The molecule has 2 aromatic heterocycles. The van der Waals surface area contributed by atoms with Gasteiger partial charge in [-0.2, -0.15) is 0 Å². The van der Waals surface area contributed by atoms with Gasteiger partial charge in [0.15, 0.2) is 0 Å². The second kappa shape index (κ2) is 13.4. The van der Waals surface area contributed by atoms with Gasteiger partial charge in [-0.05, 0) is 24.3 Å². The molecule has 3 amide bonds. The van der Waals surface area contributed by atoms with Gasteiger partial charge in [0.1, 0.15) is 0 Å². The minimum atomic E-state index is -0.774. The summed E-state index contributed by atoms with van der Waals surface area (Å²) in [7, 11) is 0. The Kier molecular flexibility index (Phi) is 11.2. The summed E-state index contributed by atoms with van der Waals surface area (Å²) in [5.41, 5.74) is 9.21. The van der Waals surface area contributed by atoms with Crippen molar-refractivity contribution in [2.75, 3.05) is 13.1 Å². The Labute approximate surface area is 219 Å². The minimum absolute atomic E-state index is 0.0142. The molecule has 0 aromatic carbocycles. The van der Waals surface area contributed by atoms with E-state index in [1.807, 2.05) is 0 Å². The number of nitrogens with one attached hydrogen (secondary N) is 2. The molecule has 4 N–H and O–H groups in total. The van der Waals surface area contributed by atoms with Gasteiger partial charge in [0.25, 0.3) is 11.8 Å². The third kappa shape index (κ3) is 7.89. The van der Waals surface area contributed by atoms with Crippen LogP contribution < -0.4 is 16.4 Å². The molecule has 0 spiro atoms. The van der Waals surface area contributed by atoms with Gasteiger partial charge >= 0.3 is 0 Å². The molecule has 12 heteroatoms. The summed E-state index contributed by atoms with van der Waals surface area (Å²) in [5, 5.41) is 7.45. The van der Waals surface area contributed by atoms with E-state index in [1.165, 1.54) is 0 Å². The van der Waals surface area contributed by atoms with E-state index in [2.05, 4.69) is 84.3 Å². The fraction of sp³-hybridized carbons (Fsp3) is 0.350. The molecule has 0 bridgehead atoms. The normalized spacial score (nSPS) is 10.8. The highest BCUT2D eigenvalue weighted by Crippen LogP contribution is 2.13. The number of rotatable bonds is 11. The number of hydrogen-bond donors (Lipinski definition) is 3. The van der Waals surface area contributed by atoms with Crippen molar-refractivity contribution in [1.29, 1.82) is 0 Å². The van der Waals surface area contributed by atoms with E-state index in [4.69, 9.17) is 5.73 Å². The second-order valence-electron chi connectivity index (χ2n) is 6.73. The molecule has 2 rings (SSSR count). The molecule has 0 saturated heterocycles. The number of amides is 3. The van der Waals surface area contributed by atoms with Crippen molar-refractivity contribution in [3.63, 3.8) is 0 Å². The zero-order valence-electron chi connectivity index (χ0n) is 16.8. The largest absolute Gasteiger partial charge is 0.369 e. The SMILES string of the molecule is NC(=O)C(CNC(=O)c1cc(CBr)nc(CBr)c1)CNC(=O)c1cc(CBr)nc(CBr)c1. The smallest absolute Gasteiger partial charge is 0.251 e. The van der Waals surface area contributed by atoms with Crippen molar-refractivity contribution < 1.29 is 14.4 Å². The predicted molar refractivity (Wildman–Crippen MR) is 136 cm³/mol. The van der Waals surface area contributed by atoms with Gasteiger partial charge in [-0.15, -0.1) is 0 Å². The highest BCUT2D eigenvalue weighted by molar-refractivity contribution is 9.09. The highest BCUT2D eigenvalue weighted by atomic mass is 79.9. The summed E-state index contributed by atoms with van der Waals surface area (Å²) in [5.74, 6) is -2.11. The number of nitrogens with zero attached hydrogens (tertiary/aromatic N) is 2. The molecule has 0 aliphatic heterocycles. The summed E-state index contributed by atoms with van der Waals surface area (Å²) in [4.78, 5) is 45.8. The molecule has 0 unspecified atom stereocenters. The van der Waals surface area contributed by atoms with Crippen molar-refractivity contribution in [1.82, 2.24) is 20.6 Å². The van der Waals surface area contributed by atoms with Crippen LogP contribution in [0.15, 0.2) is 24.3 Å². The van der Waals surface area contributed by atoms with Gasteiger partial charge in [0, 0.05) is 45.5 Å². The number of alkyl halides is 4. The van der Waals surface area contributed by atoms with Crippen LogP contribution in [0.25, 0.3) is 0 Å². The topological polar surface area (TPSA) is 127 Å². The van der Waals surface area contributed by atoms with Crippen molar-refractivity contribution in [3.8, 4) is 0 Å². The Hall–Kier alpha value is -1.37. The number of halogens is 4. The first-order valence-electron chi connectivity index (χ1n) is 9.40. The molecule has 8 nitrogen and oxygen atoms in total. The summed E-state index contributed by atoms with van der Waals surface area (Å²) in [6, 6.07) is 6.68. The van der Waals surface area contributed by atoms with Gasteiger partial charge in [0.05, 0.1) is 28.7 Å². The lowest BCUT2D eigenvalue weighted by Crippen LogP contribution is -2.43. The van der Waals surface area contributed by atoms with E-state index in [9.17, 15) is 14.4 Å². The average Bonchev–Trinajstić information content (AvgIpc) is 2.82. The molecular formula is C20H21Br4N5O3. The monoisotopic (exact) mass is 695 g/mol. The number of carbonyl (C=O) groups excluding carboxylic acids is 3. The Bertz CT molecular complexity index is 874. The van der Waals surface area contributed by atoms with Crippen molar-refractivity contribution in [3.05, 3.63) is 58.2 Å². The van der Waals surface area contributed by atoms with Gasteiger partial charge in [0.2, 0.25) is 5.91 Å². The zero-order valence-corrected chi connectivity index (χ0v) is 23.2. The first-order valence-corrected chi connectivity index (χ1v) is 13.9. The number of hydrogen-bond acceptors (Lipinski definition) is 5. The van der Waals surface area contributed by atoms with Crippen LogP contribution in [0.5, 0.6) is 0 Å². The van der Waals surface area contributed by atoms with Crippen molar-refractivity contribution >= 4 is 81.4 Å². The zero-order chi connectivity index (χ0) is 23.7. The maximum Gasteiger partial charge on any atom is 0.251 e. The van der Waals surface area contributed by atoms with Gasteiger partial charge < -0.3 is 16.4 Å². The molecule has 32 heavy (non-hydrogen) atoms. The molecule has 0 saturated carbocycles. The van der Waals surface area contributed by atoms with Crippen LogP contribution in [0, 0.1) is 5.92 Å². The first kappa shape index (κ1) is 26.9. The van der Waals surface area contributed by atoms with Gasteiger partial charge in [-0.3, -0.25) is 24.4 Å². The number of primary amides is 1. The minimum Gasteiger partial charge on any atom is -0.369 e. The van der Waals surface area contributed by atoms with Gasteiger partial charge in [-0.25, -0.2) is 0 Å². The first-order chi connectivity index (χ1) is 15.3. The lowest BCUT2D eigenvalue weighted by molar-refractivity contribution is -0.121. The Morgan fingerprint density at radius 1 is 0.719 bits per heavy atom. The Balaban J connectivity index is 2.02. The van der Waals surface area contributed by atoms with Crippen LogP contribution in [0.1, 0.15) is 43.5 Å². The fourth-order valence-corrected chi connectivity index (χ4v) is 3.89. The quantitative estimate of drug-likeness (QED) is 0.311. The highest BCUT2D eigenvalue weighted by Gasteiger charge is 2.19. The summed E-state index contributed by atoms with van der Waals surface area (Å²) in [6.45, 7) is -0.0284. The van der Waals surface area contributed by atoms with E-state index in [-0.39, 0.29) is 24.9 Å². The number of carbonyl (C=O) groups is 3. The third-order valence-corrected chi connectivity index (χ3v) is 6.65. The lowest BCUT2D eigenvalue weighted by atomic mass is 10.1. The van der Waals surface area contributed by atoms with Crippen LogP contribution in [0.3, 0.4) is 0 Å². The van der Waals surface area contributed by atoms with Crippen LogP contribution in [0.2, 0.25) is 0 Å². The van der Waals surface area contributed by atoms with Crippen molar-refractivity contribution in [2.45, 2.75) is 21.3 Å². The van der Waals surface area contributed by atoms with Crippen LogP contribution in [0.4, 0.5) is 0 Å². The molecule has 0 radical (unpaired) electrons. The Morgan fingerprint density at radius 2 is 1.03 bits per heavy atom. The molecule has 2 aromatic rings. The van der Waals surface area contributed by atoms with E-state index >= 15 is 0 Å². The maximum absolute atomic E-state index is 12.6. The molecular weight excluding hydrogens is 678 g/mol. The van der Waals surface area contributed by atoms with Gasteiger partial charge in [-0.1, -0.05) is 63.7 Å². The van der Waals surface area contributed by atoms with Crippen LogP contribution in [-0.2, 0) is 26.1 Å². The molecule has 2 heterocycles. The standard InChI is InChI=1S/C20H21Br4N5O3/c21-5-14-1-11(2-15(6-22)28-14)19(31)26-9-13(18(25)30)10-27-20(32)12-3-16(7-23)29-17(4-12)8-24/h1-4,13H,5-10H2,(H2,25,30)(H,26,31)(H,27,32).